The second-order valence-electron chi connectivity index (χ2n) is 11.1. The van der Waals surface area contributed by atoms with Crippen molar-refractivity contribution in [2.24, 2.45) is 5.92 Å². The summed E-state index contributed by atoms with van der Waals surface area (Å²) in [6, 6.07) is 17.2. The Morgan fingerprint density at radius 3 is 2.74 bits per heavy atom. The zero-order valence-electron chi connectivity index (χ0n) is 23.5. The first-order valence-electron chi connectivity index (χ1n) is 14.5. The van der Waals surface area contributed by atoms with E-state index in [9.17, 15) is 14.7 Å². The van der Waals surface area contributed by atoms with E-state index in [1.807, 2.05) is 70.4 Å². The van der Waals surface area contributed by atoms with Crippen molar-refractivity contribution in [1.82, 2.24) is 25.1 Å². The highest BCUT2D eigenvalue weighted by molar-refractivity contribution is 7.22. The van der Waals surface area contributed by atoms with Crippen molar-refractivity contribution in [3.05, 3.63) is 89.4 Å². The van der Waals surface area contributed by atoms with E-state index in [1.165, 1.54) is 11.3 Å². The number of benzene rings is 2. The number of para-hydroxylation sites is 1. The number of thiazole rings is 1. The standard InChI is InChI=1S/C32H31N7O3S/c40-30(37-32-35-26-6-1-2-7-27(26)43-32)24-5-3-4-21-12-15-38(19-25(21)24)28-9-8-23(29(36-28)31(41)42)22-16-34-39(18-22)17-20-10-13-33-14-11-20/h1-9,16,18,20,33H,10-15,17,19H2,(H,41,42)(H,35,37,40). The van der Waals surface area contributed by atoms with Gasteiger partial charge in [0, 0.05) is 42.5 Å². The molecule has 2 aromatic carbocycles. The first-order chi connectivity index (χ1) is 21.0. The molecular formula is C32H31N7O3S. The van der Waals surface area contributed by atoms with Crippen LogP contribution in [0.15, 0.2) is 67.0 Å². The zero-order valence-corrected chi connectivity index (χ0v) is 24.3. The number of carbonyl (C=O) groups excluding carboxylic acids is 1. The van der Waals surface area contributed by atoms with Gasteiger partial charge in [-0.3, -0.25) is 14.8 Å². The van der Waals surface area contributed by atoms with E-state index in [2.05, 4.69) is 25.7 Å². The molecule has 0 bridgehead atoms. The third kappa shape index (κ3) is 5.61. The minimum atomic E-state index is -1.09. The molecule has 43 heavy (non-hydrogen) atoms. The molecule has 0 radical (unpaired) electrons. The zero-order chi connectivity index (χ0) is 29.3. The maximum atomic E-state index is 13.4. The summed E-state index contributed by atoms with van der Waals surface area (Å²) in [5.41, 5.74) is 4.72. The number of hydrogen-bond acceptors (Lipinski definition) is 8. The molecule has 0 atom stereocenters. The van der Waals surface area contributed by atoms with Gasteiger partial charge in [0.25, 0.3) is 5.91 Å². The summed E-state index contributed by atoms with van der Waals surface area (Å²) in [5, 5.41) is 21.5. The molecule has 0 spiro atoms. The number of aromatic nitrogens is 4. The van der Waals surface area contributed by atoms with Gasteiger partial charge >= 0.3 is 5.97 Å². The molecule has 0 unspecified atom stereocenters. The van der Waals surface area contributed by atoms with Crippen molar-refractivity contribution >= 4 is 44.4 Å². The number of nitrogens with zero attached hydrogens (tertiary/aromatic N) is 5. The van der Waals surface area contributed by atoms with Gasteiger partial charge in [-0.05, 0) is 79.7 Å². The normalized spacial score (nSPS) is 15.4. The van der Waals surface area contributed by atoms with Gasteiger partial charge in [-0.15, -0.1) is 0 Å². The smallest absolute Gasteiger partial charge is 0.355 e. The maximum Gasteiger partial charge on any atom is 0.355 e. The van der Waals surface area contributed by atoms with Crippen LogP contribution in [0.3, 0.4) is 0 Å². The second-order valence-corrected chi connectivity index (χ2v) is 12.1. The molecule has 7 rings (SSSR count). The Balaban J connectivity index is 1.12. The molecule has 1 amide bonds. The molecule has 5 aromatic rings. The molecule has 11 heteroatoms. The molecule has 1 fully saturated rings. The van der Waals surface area contributed by atoms with Gasteiger partial charge in [-0.25, -0.2) is 14.8 Å². The lowest BCUT2D eigenvalue weighted by Gasteiger charge is -2.31. The molecule has 3 N–H and O–H groups in total. The number of carboxylic acid groups (broad SMARTS) is 1. The molecule has 1 saturated heterocycles. The predicted octanol–water partition coefficient (Wildman–Crippen LogP) is 5.07. The predicted molar refractivity (Wildman–Crippen MR) is 167 cm³/mol. The van der Waals surface area contributed by atoms with E-state index in [-0.39, 0.29) is 11.6 Å². The third-order valence-corrected chi connectivity index (χ3v) is 9.24. The molecule has 5 heterocycles. The van der Waals surface area contributed by atoms with Crippen molar-refractivity contribution in [1.29, 1.82) is 0 Å². The van der Waals surface area contributed by atoms with Crippen molar-refractivity contribution in [3.8, 4) is 11.1 Å². The van der Waals surface area contributed by atoms with Crippen LogP contribution in [0.25, 0.3) is 21.3 Å². The highest BCUT2D eigenvalue weighted by Gasteiger charge is 2.25. The number of fused-ring (bicyclic) bond motifs is 2. The van der Waals surface area contributed by atoms with Crippen LogP contribution in [0, 0.1) is 5.92 Å². The summed E-state index contributed by atoms with van der Waals surface area (Å²) in [7, 11) is 0. The van der Waals surface area contributed by atoms with E-state index in [0.29, 0.717) is 47.5 Å². The largest absolute Gasteiger partial charge is 0.476 e. The van der Waals surface area contributed by atoms with Gasteiger partial charge in [-0.1, -0.05) is 35.6 Å². The summed E-state index contributed by atoms with van der Waals surface area (Å²) in [6.07, 6.45) is 6.56. The van der Waals surface area contributed by atoms with Crippen molar-refractivity contribution in [2.45, 2.75) is 32.4 Å². The fraction of sp³-hybridized carbons (Fsp3) is 0.281. The van der Waals surface area contributed by atoms with Crippen LogP contribution < -0.4 is 15.5 Å². The Hall–Kier alpha value is -4.61. The van der Waals surface area contributed by atoms with E-state index < -0.39 is 5.97 Å². The van der Waals surface area contributed by atoms with Gasteiger partial charge < -0.3 is 15.3 Å². The van der Waals surface area contributed by atoms with Crippen LogP contribution in [0.5, 0.6) is 0 Å². The van der Waals surface area contributed by atoms with Crippen molar-refractivity contribution in [2.75, 3.05) is 29.9 Å². The SMILES string of the molecule is O=C(Nc1nc2ccccc2s1)c1cccc2c1CN(c1ccc(-c3cnn(CC4CCNCC4)c3)c(C(=O)O)n1)CC2. The van der Waals surface area contributed by atoms with Gasteiger partial charge in [-0.2, -0.15) is 5.10 Å². The Morgan fingerprint density at radius 1 is 1.05 bits per heavy atom. The summed E-state index contributed by atoms with van der Waals surface area (Å²) in [6.45, 7) is 3.96. The number of hydrogen-bond donors (Lipinski definition) is 3. The summed E-state index contributed by atoms with van der Waals surface area (Å²) < 4.78 is 2.92. The Morgan fingerprint density at radius 2 is 1.91 bits per heavy atom. The highest BCUT2D eigenvalue weighted by atomic mass is 32.1. The van der Waals surface area contributed by atoms with Gasteiger partial charge in [0.2, 0.25) is 0 Å². The van der Waals surface area contributed by atoms with E-state index in [0.717, 1.165) is 59.4 Å². The summed E-state index contributed by atoms with van der Waals surface area (Å²) >= 11 is 1.44. The maximum absolute atomic E-state index is 13.4. The van der Waals surface area contributed by atoms with E-state index in [1.54, 1.807) is 6.20 Å². The molecule has 3 aromatic heterocycles. The van der Waals surface area contributed by atoms with Gasteiger partial charge in [0.1, 0.15) is 5.82 Å². The van der Waals surface area contributed by atoms with Crippen LogP contribution in [0.1, 0.15) is 44.8 Å². The third-order valence-electron chi connectivity index (χ3n) is 8.29. The Kier molecular flexibility index (Phi) is 7.33. The summed E-state index contributed by atoms with van der Waals surface area (Å²) in [4.78, 5) is 37.0. The van der Waals surface area contributed by atoms with Crippen LogP contribution in [0.2, 0.25) is 0 Å². The average molecular weight is 594 g/mol. The van der Waals surface area contributed by atoms with E-state index >= 15 is 0 Å². The van der Waals surface area contributed by atoms with Gasteiger partial charge in [0.05, 0.1) is 16.4 Å². The number of pyridine rings is 1. The fourth-order valence-electron chi connectivity index (χ4n) is 6.03. The van der Waals surface area contributed by atoms with Crippen LogP contribution in [-0.2, 0) is 19.5 Å². The average Bonchev–Trinajstić information content (AvgIpc) is 3.67. The van der Waals surface area contributed by atoms with Gasteiger partial charge in [0.15, 0.2) is 10.8 Å². The van der Waals surface area contributed by atoms with Crippen LogP contribution in [0.4, 0.5) is 10.9 Å². The number of carbonyl (C=O) groups is 2. The van der Waals surface area contributed by atoms with Crippen molar-refractivity contribution in [3.63, 3.8) is 0 Å². The first-order valence-corrected chi connectivity index (χ1v) is 15.3. The fourth-order valence-corrected chi connectivity index (χ4v) is 6.89. The number of anilines is 2. The summed E-state index contributed by atoms with van der Waals surface area (Å²) in [5.74, 6) is -0.177. The number of nitrogens with one attached hydrogen (secondary N) is 2. The molecule has 218 valence electrons. The molecule has 2 aliphatic heterocycles. The lowest BCUT2D eigenvalue weighted by molar-refractivity contribution is 0.0691. The Labute approximate surface area is 252 Å². The monoisotopic (exact) mass is 593 g/mol. The number of amides is 1. The highest BCUT2D eigenvalue weighted by Crippen LogP contribution is 2.31. The number of piperidine rings is 1. The molecular weight excluding hydrogens is 562 g/mol. The molecule has 10 nitrogen and oxygen atoms in total. The molecule has 0 aliphatic carbocycles. The second kappa shape index (κ2) is 11.6. The number of rotatable bonds is 7. The van der Waals surface area contributed by atoms with Crippen LogP contribution in [-0.4, -0.2) is 56.4 Å². The van der Waals surface area contributed by atoms with Crippen LogP contribution >= 0.6 is 11.3 Å². The lowest BCUT2D eigenvalue weighted by Crippen LogP contribution is -2.33. The minimum Gasteiger partial charge on any atom is -0.476 e. The number of carboxylic acids is 1. The topological polar surface area (TPSA) is 125 Å². The quantitative estimate of drug-likeness (QED) is 0.239. The first kappa shape index (κ1) is 27.2. The molecule has 2 aliphatic rings. The number of aromatic carboxylic acids is 1. The lowest BCUT2D eigenvalue weighted by atomic mass is 9.94. The Bertz CT molecular complexity index is 1790. The molecule has 0 saturated carbocycles. The minimum absolute atomic E-state index is 0.00780. The van der Waals surface area contributed by atoms with E-state index in [4.69, 9.17) is 0 Å². The van der Waals surface area contributed by atoms with Crippen molar-refractivity contribution < 1.29 is 14.7 Å².